The fourth-order valence-corrected chi connectivity index (χ4v) is 2.49. The van der Waals surface area contributed by atoms with E-state index < -0.39 is 11.7 Å². The van der Waals surface area contributed by atoms with Crippen molar-refractivity contribution < 1.29 is 14.0 Å². The summed E-state index contributed by atoms with van der Waals surface area (Å²) in [6.07, 6.45) is 6.35. The summed E-state index contributed by atoms with van der Waals surface area (Å²) in [6, 6.07) is 14.2. The molecule has 28 heavy (non-hydrogen) atoms. The molecule has 0 aliphatic heterocycles. The SMILES string of the molecule is Cc1ccc(C(=O)Nc2cccc(F)c2)cc1NC(=O)/C=C/c1cccnc1. The quantitative estimate of drug-likeness (QED) is 0.648. The molecule has 3 aromatic rings. The Balaban J connectivity index is 1.71. The molecule has 2 N–H and O–H groups in total. The molecule has 0 saturated carbocycles. The predicted molar refractivity (Wildman–Crippen MR) is 107 cm³/mol. The van der Waals surface area contributed by atoms with Gasteiger partial charge in [0.1, 0.15) is 5.82 Å². The van der Waals surface area contributed by atoms with Gasteiger partial charge in [-0.3, -0.25) is 14.6 Å². The van der Waals surface area contributed by atoms with Gasteiger partial charge in [-0.2, -0.15) is 0 Å². The van der Waals surface area contributed by atoms with E-state index in [2.05, 4.69) is 15.6 Å². The molecule has 2 amide bonds. The predicted octanol–water partition coefficient (Wildman–Crippen LogP) is 4.43. The van der Waals surface area contributed by atoms with Crippen LogP contribution in [0.4, 0.5) is 15.8 Å². The van der Waals surface area contributed by atoms with E-state index in [4.69, 9.17) is 0 Å². The van der Waals surface area contributed by atoms with Crippen molar-refractivity contribution >= 4 is 29.3 Å². The molecule has 0 atom stereocenters. The fourth-order valence-electron chi connectivity index (χ4n) is 2.49. The second-order valence-corrected chi connectivity index (χ2v) is 6.10. The zero-order valence-electron chi connectivity index (χ0n) is 15.1. The fraction of sp³-hybridized carbons (Fsp3) is 0.0455. The van der Waals surface area contributed by atoms with Crippen LogP contribution in [0.3, 0.4) is 0 Å². The van der Waals surface area contributed by atoms with Crippen LogP contribution in [0.15, 0.2) is 73.1 Å². The number of amides is 2. The minimum absolute atomic E-state index is 0.324. The van der Waals surface area contributed by atoms with Crippen molar-refractivity contribution in [3.8, 4) is 0 Å². The normalized spacial score (nSPS) is 10.6. The number of rotatable bonds is 5. The second kappa shape index (κ2) is 8.73. The first kappa shape index (κ1) is 19.0. The summed E-state index contributed by atoms with van der Waals surface area (Å²) in [5.74, 6) is -1.16. The summed E-state index contributed by atoms with van der Waals surface area (Å²) >= 11 is 0. The average molecular weight is 375 g/mol. The minimum atomic E-state index is -0.435. The van der Waals surface area contributed by atoms with Crippen LogP contribution in [0.2, 0.25) is 0 Å². The van der Waals surface area contributed by atoms with Gasteiger partial charge in [-0.05, 0) is 60.5 Å². The number of anilines is 2. The number of aromatic nitrogens is 1. The molecule has 1 aromatic heterocycles. The molecule has 0 spiro atoms. The summed E-state index contributed by atoms with van der Waals surface area (Å²) in [6.45, 7) is 1.83. The number of carbonyl (C=O) groups is 2. The Labute approximate surface area is 161 Å². The van der Waals surface area contributed by atoms with Crippen molar-refractivity contribution in [3.05, 3.63) is 95.6 Å². The molecular formula is C22H18FN3O2. The van der Waals surface area contributed by atoms with E-state index in [1.807, 2.05) is 13.0 Å². The lowest BCUT2D eigenvalue weighted by Gasteiger charge is -2.10. The standard InChI is InChI=1S/C22H18FN3O2/c1-15-7-9-17(22(28)25-19-6-2-5-18(23)13-19)12-20(15)26-21(27)10-8-16-4-3-11-24-14-16/h2-14H,1H3,(H,25,28)(H,26,27)/b10-8+. The summed E-state index contributed by atoms with van der Waals surface area (Å²) in [5.41, 5.74) is 2.84. The summed E-state index contributed by atoms with van der Waals surface area (Å²) < 4.78 is 13.3. The van der Waals surface area contributed by atoms with Crippen molar-refractivity contribution in [2.24, 2.45) is 0 Å². The first-order valence-corrected chi connectivity index (χ1v) is 8.58. The number of hydrogen-bond donors (Lipinski definition) is 2. The number of halogens is 1. The van der Waals surface area contributed by atoms with Gasteiger partial charge in [0.25, 0.3) is 5.91 Å². The molecule has 0 fully saturated rings. The Hall–Kier alpha value is -3.80. The number of nitrogens with zero attached hydrogens (tertiary/aromatic N) is 1. The molecule has 140 valence electrons. The van der Waals surface area contributed by atoms with Gasteiger partial charge in [0.2, 0.25) is 5.91 Å². The molecule has 3 rings (SSSR count). The Kier molecular flexibility index (Phi) is 5.91. The molecule has 0 bridgehead atoms. The van der Waals surface area contributed by atoms with Gasteiger partial charge in [0.15, 0.2) is 0 Å². The molecule has 2 aromatic carbocycles. The van der Waals surface area contributed by atoms with E-state index in [1.54, 1.807) is 48.8 Å². The lowest BCUT2D eigenvalue weighted by molar-refractivity contribution is -0.111. The van der Waals surface area contributed by atoms with E-state index in [-0.39, 0.29) is 5.91 Å². The largest absolute Gasteiger partial charge is 0.322 e. The molecule has 1 heterocycles. The lowest BCUT2D eigenvalue weighted by Crippen LogP contribution is -2.14. The number of aryl methyl sites for hydroxylation is 1. The van der Waals surface area contributed by atoms with Crippen LogP contribution in [0.5, 0.6) is 0 Å². The third-order valence-electron chi connectivity index (χ3n) is 3.95. The third-order valence-corrected chi connectivity index (χ3v) is 3.95. The first-order valence-electron chi connectivity index (χ1n) is 8.58. The first-order chi connectivity index (χ1) is 13.5. The Morgan fingerprint density at radius 2 is 1.89 bits per heavy atom. The molecular weight excluding hydrogens is 357 g/mol. The van der Waals surface area contributed by atoms with Crippen molar-refractivity contribution in [1.29, 1.82) is 0 Å². The number of carbonyl (C=O) groups excluding carboxylic acids is 2. The van der Waals surface area contributed by atoms with Gasteiger partial charge in [-0.25, -0.2) is 4.39 Å². The Morgan fingerprint density at radius 3 is 2.64 bits per heavy atom. The highest BCUT2D eigenvalue weighted by Crippen LogP contribution is 2.19. The van der Waals surface area contributed by atoms with Gasteiger partial charge >= 0.3 is 0 Å². The topological polar surface area (TPSA) is 71.1 Å². The zero-order chi connectivity index (χ0) is 19.9. The maximum atomic E-state index is 13.3. The second-order valence-electron chi connectivity index (χ2n) is 6.10. The van der Waals surface area contributed by atoms with Crippen molar-refractivity contribution in [2.75, 3.05) is 10.6 Å². The molecule has 6 heteroatoms. The minimum Gasteiger partial charge on any atom is -0.322 e. The van der Waals surface area contributed by atoms with Crippen LogP contribution < -0.4 is 10.6 Å². The van der Waals surface area contributed by atoms with Gasteiger partial charge < -0.3 is 10.6 Å². The number of nitrogens with one attached hydrogen (secondary N) is 2. The smallest absolute Gasteiger partial charge is 0.255 e. The van der Waals surface area contributed by atoms with E-state index in [9.17, 15) is 14.0 Å². The van der Waals surface area contributed by atoms with Crippen LogP contribution in [0.25, 0.3) is 6.08 Å². The zero-order valence-corrected chi connectivity index (χ0v) is 15.1. The summed E-state index contributed by atoms with van der Waals surface area (Å²) in [7, 11) is 0. The Bertz CT molecular complexity index is 1030. The van der Waals surface area contributed by atoms with E-state index >= 15 is 0 Å². The van der Waals surface area contributed by atoms with Crippen LogP contribution in [0.1, 0.15) is 21.5 Å². The van der Waals surface area contributed by atoms with Gasteiger partial charge in [0.05, 0.1) is 0 Å². The maximum absolute atomic E-state index is 13.3. The molecule has 0 aliphatic carbocycles. The highest BCUT2D eigenvalue weighted by molar-refractivity contribution is 6.06. The highest BCUT2D eigenvalue weighted by Gasteiger charge is 2.10. The van der Waals surface area contributed by atoms with Gasteiger partial charge in [-0.15, -0.1) is 0 Å². The molecule has 5 nitrogen and oxygen atoms in total. The maximum Gasteiger partial charge on any atom is 0.255 e. The summed E-state index contributed by atoms with van der Waals surface area (Å²) in [4.78, 5) is 28.6. The average Bonchev–Trinajstić information content (AvgIpc) is 2.69. The van der Waals surface area contributed by atoms with Crippen molar-refractivity contribution in [2.45, 2.75) is 6.92 Å². The monoisotopic (exact) mass is 375 g/mol. The number of benzene rings is 2. The highest BCUT2D eigenvalue weighted by atomic mass is 19.1. The van der Waals surface area contributed by atoms with Crippen LogP contribution >= 0.6 is 0 Å². The van der Waals surface area contributed by atoms with Crippen LogP contribution in [-0.4, -0.2) is 16.8 Å². The van der Waals surface area contributed by atoms with E-state index in [1.165, 1.54) is 24.3 Å². The third kappa shape index (κ3) is 5.11. The molecule has 0 saturated heterocycles. The van der Waals surface area contributed by atoms with E-state index in [0.29, 0.717) is 16.9 Å². The van der Waals surface area contributed by atoms with Crippen molar-refractivity contribution in [3.63, 3.8) is 0 Å². The lowest BCUT2D eigenvalue weighted by atomic mass is 10.1. The number of hydrogen-bond acceptors (Lipinski definition) is 3. The molecule has 0 unspecified atom stereocenters. The van der Waals surface area contributed by atoms with Crippen molar-refractivity contribution in [1.82, 2.24) is 4.98 Å². The van der Waals surface area contributed by atoms with Gasteiger partial charge in [0, 0.05) is 35.4 Å². The summed E-state index contributed by atoms with van der Waals surface area (Å²) in [5, 5.41) is 5.40. The van der Waals surface area contributed by atoms with Crippen LogP contribution in [-0.2, 0) is 4.79 Å². The van der Waals surface area contributed by atoms with Gasteiger partial charge in [-0.1, -0.05) is 18.2 Å². The van der Waals surface area contributed by atoms with E-state index in [0.717, 1.165) is 11.1 Å². The van der Waals surface area contributed by atoms with Crippen LogP contribution in [0, 0.1) is 12.7 Å². The molecule has 0 radical (unpaired) electrons. The molecule has 0 aliphatic rings. The Morgan fingerprint density at radius 1 is 1.04 bits per heavy atom. The number of pyridine rings is 1.